The van der Waals surface area contributed by atoms with Gasteiger partial charge in [0.05, 0.1) is 5.52 Å². The van der Waals surface area contributed by atoms with Gasteiger partial charge in [0.25, 0.3) is 0 Å². The van der Waals surface area contributed by atoms with E-state index in [9.17, 15) is 0 Å². The topological polar surface area (TPSA) is 29.0 Å². The van der Waals surface area contributed by atoms with Crippen LogP contribution in [-0.2, 0) is 0 Å². The minimum absolute atomic E-state index is 0.872. The van der Waals surface area contributed by atoms with Crippen LogP contribution in [0.4, 0.5) is 5.82 Å². The Balaban J connectivity index is 1.77. The van der Waals surface area contributed by atoms with E-state index in [1.807, 2.05) is 6.92 Å². The maximum Gasteiger partial charge on any atom is 0.140 e. The fraction of sp³-hybridized carbons (Fsp3) is 0.529. The van der Waals surface area contributed by atoms with Crippen LogP contribution < -0.4 is 4.90 Å². The predicted molar refractivity (Wildman–Crippen MR) is 81.9 cm³/mol. The number of anilines is 1. The first kappa shape index (κ1) is 12.1. The van der Waals surface area contributed by atoms with Gasteiger partial charge in [-0.3, -0.25) is 0 Å². The van der Waals surface area contributed by atoms with Crippen molar-refractivity contribution in [1.29, 1.82) is 0 Å². The molecule has 0 amide bonds. The molecule has 1 aromatic carbocycles. The predicted octanol–water partition coefficient (Wildman–Crippen LogP) is 3.56. The van der Waals surface area contributed by atoms with Gasteiger partial charge >= 0.3 is 0 Å². The average Bonchev–Trinajstić information content (AvgIpc) is 2.46. The lowest BCUT2D eigenvalue weighted by molar-refractivity contribution is 0.231. The maximum absolute atomic E-state index is 4.77. The number of benzene rings is 1. The Bertz CT molecular complexity index is 625. The van der Waals surface area contributed by atoms with Gasteiger partial charge < -0.3 is 4.90 Å². The van der Waals surface area contributed by atoms with Crippen LogP contribution in [0.1, 0.15) is 31.5 Å². The van der Waals surface area contributed by atoms with Crippen LogP contribution in [0, 0.1) is 18.8 Å². The molecule has 1 saturated heterocycles. The van der Waals surface area contributed by atoms with Gasteiger partial charge in [0.1, 0.15) is 11.6 Å². The Kier molecular flexibility index (Phi) is 2.86. The van der Waals surface area contributed by atoms with Gasteiger partial charge in [-0.2, -0.15) is 0 Å². The largest absolute Gasteiger partial charge is 0.355 e. The van der Waals surface area contributed by atoms with Gasteiger partial charge in [-0.1, -0.05) is 18.6 Å². The standard InChI is InChI=1S/C17H21N3/c1-12-18-16-8-3-2-7-15(16)17(19-12)20-10-13-5-4-6-14(9-13)11-20/h2-3,7-8,13-14H,4-6,9-11H2,1H3. The summed E-state index contributed by atoms with van der Waals surface area (Å²) in [7, 11) is 0. The van der Waals surface area contributed by atoms with Crippen molar-refractivity contribution in [1.82, 2.24) is 9.97 Å². The molecule has 1 aromatic heterocycles. The second kappa shape index (κ2) is 4.72. The van der Waals surface area contributed by atoms with Gasteiger partial charge in [-0.05, 0) is 50.2 Å². The molecule has 104 valence electrons. The number of para-hydroxylation sites is 1. The third-order valence-corrected chi connectivity index (χ3v) is 4.84. The number of hydrogen-bond donors (Lipinski definition) is 0. The summed E-state index contributed by atoms with van der Waals surface area (Å²) in [5.74, 6) is 3.78. The first-order chi connectivity index (χ1) is 9.79. The van der Waals surface area contributed by atoms with Crippen molar-refractivity contribution < 1.29 is 0 Å². The number of aromatic nitrogens is 2. The van der Waals surface area contributed by atoms with Gasteiger partial charge in [0.15, 0.2) is 0 Å². The molecule has 1 aliphatic heterocycles. The van der Waals surface area contributed by atoms with E-state index in [1.165, 1.54) is 44.2 Å². The highest BCUT2D eigenvalue weighted by molar-refractivity contribution is 5.89. The fourth-order valence-corrected chi connectivity index (χ4v) is 4.02. The molecule has 4 rings (SSSR count). The highest BCUT2D eigenvalue weighted by Crippen LogP contribution is 2.37. The summed E-state index contributed by atoms with van der Waals surface area (Å²) >= 11 is 0. The number of piperidine rings is 1. The number of fused-ring (bicyclic) bond motifs is 3. The molecule has 2 unspecified atom stereocenters. The molecule has 0 spiro atoms. The lowest BCUT2D eigenvalue weighted by atomic mass is 9.78. The summed E-state index contributed by atoms with van der Waals surface area (Å²) in [4.78, 5) is 11.9. The molecule has 2 fully saturated rings. The van der Waals surface area contributed by atoms with E-state index in [1.54, 1.807) is 0 Å². The smallest absolute Gasteiger partial charge is 0.140 e. The minimum Gasteiger partial charge on any atom is -0.355 e. The molecule has 2 bridgehead atoms. The lowest BCUT2D eigenvalue weighted by Gasteiger charge is -2.42. The third kappa shape index (κ3) is 2.05. The molecule has 2 aliphatic rings. The highest BCUT2D eigenvalue weighted by atomic mass is 15.2. The molecule has 2 heterocycles. The van der Waals surface area contributed by atoms with Crippen LogP contribution in [0.5, 0.6) is 0 Å². The van der Waals surface area contributed by atoms with Crippen LogP contribution in [0.15, 0.2) is 24.3 Å². The maximum atomic E-state index is 4.77. The van der Waals surface area contributed by atoms with Crippen LogP contribution in [0.2, 0.25) is 0 Å². The zero-order chi connectivity index (χ0) is 13.5. The van der Waals surface area contributed by atoms with Crippen molar-refractivity contribution in [2.45, 2.75) is 32.6 Å². The summed E-state index contributed by atoms with van der Waals surface area (Å²) < 4.78 is 0. The molecule has 3 heteroatoms. The lowest BCUT2D eigenvalue weighted by Crippen LogP contribution is -2.43. The first-order valence-corrected chi connectivity index (χ1v) is 7.78. The van der Waals surface area contributed by atoms with Crippen LogP contribution in [-0.4, -0.2) is 23.1 Å². The normalized spacial score (nSPS) is 25.9. The zero-order valence-corrected chi connectivity index (χ0v) is 12.0. The second-order valence-electron chi connectivity index (χ2n) is 6.42. The Morgan fingerprint density at radius 1 is 1.05 bits per heavy atom. The number of rotatable bonds is 1. The summed E-state index contributed by atoms with van der Waals surface area (Å²) in [6.45, 7) is 4.36. The molecular formula is C17H21N3. The quantitative estimate of drug-likeness (QED) is 0.791. The van der Waals surface area contributed by atoms with Gasteiger partial charge in [-0.25, -0.2) is 9.97 Å². The van der Waals surface area contributed by atoms with Crippen molar-refractivity contribution in [3.05, 3.63) is 30.1 Å². The molecule has 3 nitrogen and oxygen atoms in total. The van der Waals surface area contributed by atoms with E-state index >= 15 is 0 Å². The number of nitrogens with zero attached hydrogens (tertiary/aromatic N) is 3. The molecule has 20 heavy (non-hydrogen) atoms. The summed E-state index contributed by atoms with van der Waals surface area (Å²) in [6.07, 6.45) is 5.65. The fourth-order valence-electron chi connectivity index (χ4n) is 4.02. The van der Waals surface area contributed by atoms with Crippen molar-refractivity contribution in [3.8, 4) is 0 Å². The van der Waals surface area contributed by atoms with E-state index in [0.717, 1.165) is 29.0 Å². The molecule has 0 N–H and O–H groups in total. The van der Waals surface area contributed by atoms with E-state index in [4.69, 9.17) is 4.98 Å². The SMILES string of the molecule is Cc1nc(N2CC3CCCC(C3)C2)c2ccccc2n1. The third-order valence-electron chi connectivity index (χ3n) is 4.84. The van der Waals surface area contributed by atoms with E-state index in [0.29, 0.717) is 0 Å². The zero-order valence-electron chi connectivity index (χ0n) is 12.0. The van der Waals surface area contributed by atoms with Crippen LogP contribution in [0.3, 0.4) is 0 Å². The van der Waals surface area contributed by atoms with Crippen molar-refractivity contribution in [3.63, 3.8) is 0 Å². The van der Waals surface area contributed by atoms with Crippen LogP contribution >= 0.6 is 0 Å². The molecule has 0 radical (unpaired) electrons. The van der Waals surface area contributed by atoms with Gasteiger partial charge in [0.2, 0.25) is 0 Å². The molecule has 2 aromatic rings. The second-order valence-corrected chi connectivity index (χ2v) is 6.42. The Morgan fingerprint density at radius 3 is 2.60 bits per heavy atom. The van der Waals surface area contributed by atoms with Gasteiger partial charge in [-0.15, -0.1) is 0 Å². The van der Waals surface area contributed by atoms with Crippen molar-refractivity contribution >= 4 is 16.7 Å². The van der Waals surface area contributed by atoms with Crippen molar-refractivity contribution in [2.75, 3.05) is 18.0 Å². The molecule has 1 aliphatic carbocycles. The Labute approximate surface area is 120 Å². The summed E-state index contributed by atoms with van der Waals surface area (Å²) in [5, 5.41) is 1.21. The van der Waals surface area contributed by atoms with E-state index in [-0.39, 0.29) is 0 Å². The Hall–Kier alpha value is -1.64. The average molecular weight is 267 g/mol. The molecule has 1 saturated carbocycles. The minimum atomic E-state index is 0.872. The van der Waals surface area contributed by atoms with Crippen molar-refractivity contribution in [2.24, 2.45) is 11.8 Å². The van der Waals surface area contributed by atoms with Gasteiger partial charge in [0, 0.05) is 18.5 Å². The number of aryl methyl sites for hydroxylation is 1. The molecule has 2 atom stereocenters. The highest BCUT2D eigenvalue weighted by Gasteiger charge is 2.31. The van der Waals surface area contributed by atoms with Crippen LogP contribution in [0.25, 0.3) is 10.9 Å². The monoisotopic (exact) mass is 267 g/mol. The van der Waals surface area contributed by atoms with E-state index < -0.39 is 0 Å². The van der Waals surface area contributed by atoms with E-state index in [2.05, 4.69) is 34.1 Å². The molecular weight excluding hydrogens is 246 g/mol. The summed E-state index contributed by atoms with van der Waals surface area (Å²) in [5.41, 5.74) is 1.07. The summed E-state index contributed by atoms with van der Waals surface area (Å²) in [6, 6.07) is 8.41. The number of hydrogen-bond acceptors (Lipinski definition) is 3. The Morgan fingerprint density at radius 2 is 1.80 bits per heavy atom. The first-order valence-electron chi connectivity index (χ1n) is 7.78.